The molecule has 1 aromatic heterocycles. The van der Waals surface area contributed by atoms with Crippen LogP contribution in [0.25, 0.3) is 11.4 Å². The summed E-state index contributed by atoms with van der Waals surface area (Å²) in [5.41, 5.74) is 9.27. The molecule has 1 fully saturated rings. The van der Waals surface area contributed by atoms with Crippen molar-refractivity contribution in [3.8, 4) is 22.9 Å². The highest BCUT2D eigenvalue weighted by Gasteiger charge is 2.56. The van der Waals surface area contributed by atoms with Gasteiger partial charge in [0.1, 0.15) is 11.5 Å². The van der Waals surface area contributed by atoms with Crippen molar-refractivity contribution in [1.82, 2.24) is 9.97 Å². The van der Waals surface area contributed by atoms with Crippen LogP contribution in [0.5, 0.6) is 11.5 Å². The second-order valence-electron chi connectivity index (χ2n) is 15.4. The lowest BCUT2D eigenvalue weighted by Gasteiger charge is -2.56. The van der Waals surface area contributed by atoms with Gasteiger partial charge in [-0.15, -0.1) is 0 Å². The molecule has 2 aliphatic heterocycles. The van der Waals surface area contributed by atoms with Crippen molar-refractivity contribution >= 4 is 54.5 Å². The van der Waals surface area contributed by atoms with Crippen molar-refractivity contribution in [2.75, 3.05) is 14.2 Å². The zero-order valence-electron chi connectivity index (χ0n) is 32.5. The highest BCUT2D eigenvalue weighted by molar-refractivity contribution is 7.14. The fourth-order valence-corrected chi connectivity index (χ4v) is 8.92. The molecule has 8 aromatic rings. The SMILES string of the molecule is CC1(C)c2ccccc2Oc2c(-c3nccc(B4N(c5ccccc5)B(c5ccccc5)N(c5ccccc5)B(c5ccccc5)N4c4ccccc4)n3)cccc21. The summed E-state index contributed by atoms with van der Waals surface area (Å²) in [7, 11) is 0. The molecule has 3 heterocycles. The van der Waals surface area contributed by atoms with Gasteiger partial charge >= 0.3 is 20.9 Å². The molecule has 7 aromatic carbocycles. The molecule has 0 spiro atoms. The molecular weight excluding hydrogens is 707 g/mol. The fourth-order valence-electron chi connectivity index (χ4n) is 8.92. The fraction of sp³-hybridized carbons (Fsp3) is 0.0612. The largest absolute Gasteiger partial charge is 0.456 e. The van der Waals surface area contributed by atoms with Crippen LogP contribution in [-0.2, 0) is 5.41 Å². The lowest BCUT2D eigenvalue weighted by Crippen LogP contribution is -2.86. The molecule has 9 heteroatoms. The van der Waals surface area contributed by atoms with Crippen molar-refractivity contribution in [3.05, 3.63) is 218 Å². The van der Waals surface area contributed by atoms with Crippen LogP contribution in [0.1, 0.15) is 25.0 Å². The number of aromatic nitrogens is 2. The standard InChI is InChI=1S/C49H40B3N5O/c1-49(2)43-32-18-19-34-45(43)58-47-42(31-20-33-44(47)49)48-53-36-35-46(54-48)52-56(40-27-14-6-15-28-40)50(37-21-8-3-9-22-37)55(39-25-12-5-13-26-39)51(38-23-10-4-11-24-38)57(52)41-29-16-7-17-30-41/h3-36H,1-2H3. The molecule has 0 atom stereocenters. The first-order valence-electron chi connectivity index (χ1n) is 19.9. The number of hydrogen-bond acceptors (Lipinski definition) is 6. The number of fused-ring (bicyclic) bond motifs is 2. The number of benzene rings is 7. The molecule has 0 saturated carbocycles. The van der Waals surface area contributed by atoms with Crippen molar-refractivity contribution in [1.29, 1.82) is 0 Å². The summed E-state index contributed by atoms with van der Waals surface area (Å²) < 4.78 is 14.4. The van der Waals surface area contributed by atoms with Crippen molar-refractivity contribution in [2.24, 2.45) is 0 Å². The third-order valence-electron chi connectivity index (χ3n) is 11.6. The Bertz CT molecular complexity index is 2580. The van der Waals surface area contributed by atoms with Gasteiger partial charge in [0.25, 0.3) is 0 Å². The quantitative estimate of drug-likeness (QED) is 0.152. The van der Waals surface area contributed by atoms with Gasteiger partial charge in [-0.3, -0.25) is 0 Å². The molecule has 0 amide bonds. The molecule has 276 valence electrons. The topological polar surface area (TPSA) is 44.7 Å². The maximum Gasteiger partial charge on any atom is 0.408 e. The summed E-state index contributed by atoms with van der Waals surface area (Å²) in [4.78, 5) is 10.6. The minimum atomic E-state index is -0.403. The van der Waals surface area contributed by atoms with E-state index in [0.717, 1.165) is 61.8 Å². The van der Waals surface area contributed by atoms with Gasteiger partial charge in [0.05, 0.1) is 11.2 Å². The number of anilines is 3. The van der Waals surface area contributed by atoms with Crippen molar-refractivity contribution < 1.29 is 4.74 Å². The highest BCUT2D eigenvalue weighted by atomic mass is 16.5. The maximum atomic E-state index is 6.77. The second kappa shape index (κ2) is 14.8. The van der Waals surface area contributed by atoms with Gasteiger partial charge in [-0.25, -0.2) is 9.97 Å². The first-order valence-corrected chi connectivity index (χ1v) is 19.9. The van der Waals surface area contributed by atoms with Gasteiger partial charge in [-0.05, 0) is 65.5 Å². The molecule has 1 saturated heterocycles. The van der Waals surface area contributed by atoms with Gasteiger partial charge in [0, 0.05) is 39.8 Å². The smallest absolute Gasteiger partial charge is 0.408 e. The van der Waals surface area contributed by atoms with E-state index in [-0.39, 0.29) is 19.4 Å². The molecule has 10 rings (SSSR count). The van der Waals surface area contributed by atoms with Gasteiger partial charge in [0.2, 0.25) is 0 Å². The van der Waals surface area contributed by atoms with E-state index in [2.05, 4.69) is 222 Å². The molecule has 2 aliphatic rings. The van der Waals surface area contributed by atoms with E-state index in [1.165, 1.54) is 0 Å². The lowest BCUT2D eigenvalue weighted by atomic mass is 9.37. The Hall–Kier alpha value is -6.99. The average molecular weight is 747 g/mol. The molecule has 0 bridgehead atoms. The first kappa shape index (κ1) is 35.4. The molecule has 0 aliphatic carbocycles. The van der Waals surface area contributed by atoms with Crippen LogP contribution < -0.4 is 35.4 Å². The number of hydrogen-bond donors (Lipinski definition) is 0. The van der Waals surface area contributed by atoms with Crippen molar-refractivity contribution in [3.63, 3.8) is 0 Å². The molecular formula is C49H40B3N5O. The minimum Gasteiger partial charge on any atom is -0.456 e. The van der Waals surface area contributed by atoms with E-state index < -0.39 is 6.98 Å². The Balaban J connectivity index is 1.25. The molecule has 0 N–H and O–H groups in total. The predicted molar refractivity (Wildman–Crippen MR) is 242 cm³/mol. The normalized spacial score (nSPS) is 14.4. The number of nitrogens with zero attached hydrogens (tertiary/aromatic N) is 5. The Morgan fingerprint density at radius 2 is 0.897 bits per heavy atom. The number of rotatable bonds is 7. The summed E-state index contributed by atoms with van der Waals surface area (Å²) in [5, 5.41) is 0. The first-order chi connectivity index (χ1) is 28.6. The zero-order chi connectivity index (χ0) is 39.1. The Morgan fingerprint density at radius 3 is 1.43 bits per heavy atom. The number of para-hydroxylation sites is 5. The summed E-state index contributed by atoms with van der Waals surface area (Å²) in [5.74, 6) is 2.27. The summed E-state index contributed by atoms with van der Waals surface area (Å²) in [6.07, 6.45) is 1.91. The van der Waals surface area contributed by atoms with E-state index in [1.54, 1.807) is 0 Å². The average Bonchev–Trinajstić information content (AvgIpc) is 3.29. The van der Waals surface area contributed by atoms with E-state index in [0.29, 0.717) is 5.82 Å². The van der Waals surface area contributed by atoms with Crippen LogP contribution in [0, 0.1) is 0 Å². The number of ether oxygens (including phenoxy) is 1. The second-order valence-corrected chi connectivity index (χ2v) is 15.4. The third-order valence-corrected chi connectivity index (χ3v) is 11.6. The highest BCUT2D eigenvalue weighted by Crippen LogP contribution is 2.50. The maximum absolute atomic E-state index is 6.77. The summed E-state index contributed by atoms with van der Waals surface area (Å²) >= 11 is 0. The molecule has 0 radical (unpaired) electrons. The van der Waals surface area contributed by atoms with Crippen LogP contribution >= 0.6 is 0 Å². The van der Waals surface area contributed by atoms with Gasteiger partial charge in [-0.2, -0.15) is 0 Å². The van der Waals surface area contributed by atoms with Crippen LogP contribution in [0.2, 0.25) is 0 Å². The van der Waals surface area contributed by atoms with Gasteiger partial charge in [-0.1, -0.05) is 159 Å². The molecule has 58 heavy (non-hydrogen) atoms. The van der Waals surface area contributed by atoms with E-state index in [9.17, 15) is 0 Å². The third kappa shape index (κ3) is 6.11. The van der Waals surface area contributed by atoms with Crippen LogP contribution in [-0.4, -0.2) is 30.9 Å². The van der Waals surface area contributed by atoms with Crippen molar-refractivity contribution in [2.45, 2.75) is 19.3 Å². The van der Waals surface area contributed by atoms with Gasteiger partial charge < -0.3 is 18.9 Å². The van der Waals surface area contributed by atoms with Gasteiger partial charge in [0.15, 0.2) is 5.82 Å². The van der Waals surface area contributed by atoms with E-state index in [1.807, 2.05) is 12.3 Å². The summed E-state index contributed by atoms with van der Waals surface area (Å²) in [6, 6.07) is 70.7. The minimum absolute atomic E-state index is 0.260. The van der Waals surface area contributed by atoms with E-state index in [4.69, 9.17) is 14.7 Å². The summed E-state index contributed by atoms with van der Waals surface area (Å²) in [6.45, 7) is 3.60. The van der Waals surface area contributed by atoms with Crippen LogP contribution in [0.4, 0.5) is 17.1 Å². The van der Waals surface area contributed by atoms with Crippen LogP contribution in [0.3, 0.4) is 0 Å². The lowest BCUT2D eigenvalue weighted by molar-refractivity contribution is 0.419. The Labute approximate surface area is 341 Å². The zero-order valence-corrected chi connectivity index (χ0v) is 32.5. The Kier molecular flexibility index (Phi) is 9.06. The van der Waals surface area contributed by atoms with E-state index >= 15 is 0 Å². The Morgan fingerprint density at radius 1 is 0.448 bits per heavy atom. The molecule has 6 nitrogen and oxygen atoms in total. The predicted octanol–water partition coefficient (Wildman–Crippen LogP) is 8.59. The monoisotopic (exact) mass is 747 g/mol. The van der Waals surface area contributed by atoms with Crippen LogP contribution in [0.15, 0.2) is 206 Å². The molecule has 0 unspecified atom stereocenters.